The third kappa shape index (κ3) is 1.93. The SMILES string of the molecule is CCn1cc(C(=O)O)c(=O)c2cc3c(c(F)c21)NCCN3. The van der Waals surface area contributed by atoms with Gasteiger partial charge < -0.3 is 20.3 Å². The second-order valence-electron chi connectivity index (χ2n) is 4.83. The number of pyridine rings is 1. The zero-order valence-corrected chi connectivity index (χ0v) is 11.4. The number of anilines is 2. The molecule has 2 aromatic rings. The van der Waals surface area contributed by atoms with Gasteiger partial charge >= 0.3 is 5.97 Å². The maximum Gasteiger partial charge on any atom is 0.341 e. The molecule has 0 amide bonds. The van der Waals surface area contributed by atoms with Crippen molar-refractivity contribution in [1.82, 2.24) is 4.57 Å². The van der Waals surface area contributed by atoms with Crippen LogP contribution in [0.25, 0.3) is 10.9 Å². The van der Waals surface area contributed by atoms with Crippen LogP contribution in [0, 0.1) is 5.82 Å². The van der Waals surface area contributed by atoms with E-state index in [0.717, 1.165) is 0 Å². The number of aryl methyl sites for hydroxylation is 1. The highest BCUT2D eigenvalue weighted by Gasteiger charge is 2.22. The summed E-state index contributed by atoms with van der Waals surface area (Å²) in [5.41, 5.74) is -0.0989. The van der Waals surface area contributed by atoms with Gasteiger partial charge in [0, 0.05) is 25.8 Å². The molecule has 1 aromatic carbocycles. The van der Waals surface area contributed by atoms with E-state index in [1.54, 1.807) is 6.92 Å². The Morgan fingerprint density at radius 3 is 2.81 bits per heavy atom. The average Bonchev–Trinajstić information content (AvgIpc) is 2.48. The van der Waals surface area contributed by atoms with E-state index in [1.165, 1.54) is 16.8 Å². The predicted molar refractivity (Wildman–Crippen MR) is 77.8 cm³/mol. The molecule has 6 nitrogen and oxygen atoms in total. The lowest BCUT2D eigenvalue weighted by molar-refractivity contribution is 0.0695. The Balaban J connectivity index is 2.47. The van der Waals surface area contributed by atoms with Crippen LogP contribution in [-0.2, 0) is 6.54 Å². The maximum atomic E-state index is 14.7. The molecule has 2 heterocycles. The summed E-state index contributed by atoms with van der Waals surface area (Å²) >= 11 is 0. The Kier molecular flexibility index (Phi) is 3.04. The van der Waals surface area contributed by atoms with E-state index in [-0.39, 0.29) is 16.5 Å². The topological polar surface area (TPSA) is 83.4 Å². The summed E-state index contributed by atoms with van der Waals surface area (Å²) in [4.78, 5) is 23.4. The number of rotatable bonds is 2. The number of carboxylic acid groups (broad SMARTS) is 1. The van der Waals surface area contributed by atoms with Crippen molar-refractivity contribution in [2.45, 2.75) is 13.5 Å². The Morgan fingerprint density at radius 1 is 1.43 bits per heavy atom. The second-order valence-corrected chi connectivity index (χ2v) is 4.83. The van der Waals surface area contributed by atoms with Gasteiger partial charge in [-0.2, -0.15) is 0 Å². The fourth-order valence-corrected chi connectivity index (χ4v) is 2.62. The summed E-state index contributed by atoms with van der Waals surface area (Å²) in [6.07, 6.45) is 1.19. The Bertz CT molecular complexity index is 813. The van der Waals surface area contributed by atoms with Gasteiger partial charge in [0.15, 0.2) is 5.82 Å². The minimum atomic E-state index is -1.31. The third-order valence-electron chi connectivity index (χ3n) is 3.62. The highest BCUT2D eigenvalue weighted by Crippen LogP contribution is 2.33. The molecule has 0 spiro atoms. The molecule has 0 atom stereocenters. The number of hydrogen-bond donors (Lipinski definition) is 3. The monoisotopic (exact) mass is 291 g/mol. The first kappa shape index (κ1) is 13.4. The molecule has 7 heteroatoms. The van der Waals surface area contributed by atoms with Gasteiger partial charge in [0.05, 0.1) is 22.3 Å². The molecule has 1 aromatic heterocycles. The van der Waals surface area contributed by atoms with Crippen molar-refractivity contribution in [3.05, 3.63) is 33.9 Å². The molecule has 0 aliphatic carbocycles. The van der Waals surface area contributed by atoms with Crippen LogP contribution in [0.3, 0.4) is 0 Å². The largest absolute Gasteiger partial charge is 0.477 e. The molecule has 110 valence electrons. The van der Waals surface area contributed by atoms with Gasteiger partial charge in [0.1, 0.15) is 5.56 Å². The summed E-state index contributed by atoms with van der Waals surface area (Å²) in [7, 11) is 0. The highest BCUT2D eigenvalue weighted by molar-refractivity contribution is 5.96. The molecule has 0 saturated heterocycles. The number of nitrogens with zero attached hydrogens (tertiary/aromatic N) is 1. The number of fused-ring (bicyclic) bond motifs is 2. The molecule has 3 rings (SSSR count). The van der Waals surface area contributed by atoms with Crippen molar-refractivity contribution in [1.29, 1.82) is 0 Å². The lowest BCUT2D eigenvalue weighted by atomic mass is 10.1. The van der Waals surface area contributed by atoms with Crippen LogP contribution in [0.4, 0.5) is 15.8 Å². The Morgan fingerprint density at radius 2 is 2.14 bits per heavy atom. The molecule has 1 aliphatic rings. The van der Waals surface area contributed by atoms with Crippen molar-refractivity contribution in [2.24, 2.45) is 0 Å². The molecule has 0 fully saturated rings. The fraction of sp³-hybridized carbons (Fsp3) is 0.286. The Hall–Kier alpha value is -2.57. The first-order chi connectivity index (χ1) is 10.0. The lowest BCUT2D eigenvalue weighted by Gasteiger charge is -2.22. The molecule has 0 radical (unpaired) electrons. The Labute approximate surface area is 119 Å². The van der Waals surface area contributed by atoms with E-state index in [2.05, 4.69) is 10.6 Å². The van der Waals surface area contributed by atoms with E-state index in [9.17, 15) is 14.0 Å². The number of halogens is 1. The molecule has 3 N–H and O–H groups in total. The minimum Gasteiger partial charge on any atom is -0.477 e. The van der Waals surface area contributed by atoms with E-state index in [1.807, 2.05) is 0 Å². The molecular weight excluding hydrogens is 277 g/mol. The van der Waals surface area contributed by atoms with Crippen LogP contribution in [0.1, 0.15) is 17.3 Å². The van der Waals surface area contributed by atoms with Gasteiger partial charge in [-0.1, -0.05) is 0 Å². The van der Waals surface area contributed by atoms with Crippen LogP contribution in [0.15, 0.2) is 17.1 Å². The van der Waals surface area contributed by atoms with Crippen LogP contribution in [0.2, 0.25) is 0 Å². The number of aromatic carboxylic acids is 1. The van der Waals surface area contributed by atoms with Crippen LogP contribution < -0.4 is 16.1 Å². The van der Waals surface area contributed by atoms with Crippen molar-refractivity contribution < 1.29 is 14.3 Å². The lowest BCUT2D eigenvalue weighted by Crippen LogP contribution is -2.24. The zero-order chi connectivity index (χ0) is 15.1. The van der Waals surface area contributed by atoms with Gasteiger partial charge in [-0.3, -0.25) is 4.79 Å². The normalized spacial score (nSPS) is 13.4. The van der Waals surface area contributed by atoms with Gasteiger partial charge in [-0.25, -0.2) is 9.18 Å². The van der Waals surface area contributed by atoms with Crippen molar-refractivity contribution in [2.75, 3.05) is 23.7 Å². The van der Waals surface area contributed by atoms with Crippen molar-refractivity contribution >= 4 is 28.2 Å². The molecular formula is C14H14FN3O3. The van der Waals surface area contributed by atoms with Crippen molar-refractivity contribution in [3.8, 4) is 0 Å². The quantitative estimate of drug-likeness (QED) is 0.784. The summed E-state index contributed by atoms with van der Waals surface area (Å²) in [6, 6.07) is 1.51. The van der Waals surface area contributed by atoms with E-state index >= 15 is 0 Å². The predicted octanol–water partition coefficient (Wildman–Crippen LogP) is 1.70. The van der Waals surface area contributed by atoms with Crippen molar-refractivity contribution in [3.63, 3.8) is 0 Å². The van der Waals surface area contributed by atoms with E-state index in [4.69, 9.17) is 5.11 Å². The minimum absolute atomic E-state index is 0.0733. The molecule has 21 heavy (non-hydrogen) atoms. The maximum absolute atomic E-state index is 14.7. The van der Waals surface area contributed by atoms with Gasteiger partial charge in [-0.15, -0.1) is 0 Å². The molecule has 1 aliphatic heterocycles. The zero-order valence-electron chi connectivity index (χ0n) is 11.4. The number of hydrogen-bond acceptors (Lipinski definition) is 4. The summed E-state index contributed by atoms with van der Waals surface area (Å²) in [6.45, 7) is 3.32. The smallest absolute Gasteiger partial charge is 0.341 e. The average molecular weight is 291 g/mol. The summed E-state index contributed by atoms with van der Waals surface area (Å²) < 4.78 is 16.2. The van der Waals surface area contributed by atoms with Crippen LogP contribution in [0.5, 0.6) is 0 Å². The summed E-state index contributed by atoms with van der Waals surface area (Å²) in [5.74, 6) is -1.85. The number of aromatic nitrogens is 1. The number of carbonyl (C=O) groups is 1. The van der Waals surface area contributed by atoms with Gasteiger partial charge in [0.25, 0.3) is 0 Å². The van der Waals surface area contributed by atoms with Gasteiger partial charge in [0.2, 0.25) is 5.43 Å². The molecule has 0 bridgehead atoms. The molecule has 0 unspecified atom stereocenters. The third-order valence-corrected chi connectivity index (χ3v) is 3.62. The number of carboxylic acids is 1. The first-order valence-electron chi connectivity index (χ1n) is 6.65. The number of benzene rings is 1. The standard InChI is InChI=1S/C14H14FN3O3/c1-2-18-6-8(14(20)21)13(19)7-5-9-11(10(15)12(7)18)17-4-3-16-9/h5-6,16-17H,2-4H2,1H3,(H,20,21). The fourth-order valence-electron chi connectivity index (χ4n) is 2.62. The van der Waals surface area contributed by atoms with E-state index in [0.29, 0.717) is 31.0 Å². The number of nitrogens with one attached hydrogen (secondary N) is 2. The van der Waals surface area contributed by atoms with Crippen LogP contribution in [-0.4, -0.2) is 28.7 Å². The highest BCUT2D eigenvalue weighted by atomic mass is 19.1. The second kappa shape index (κ2) is 4.76. The first-order valence-corrected chi connectivity index (χ1v) is 6.65. The van der Waals surface area contributed by atoms with E-state index < -0.39 is 17.2 Å². The summed E-state index contributed by atoms with van der Waals surface area (Å²) in [5, 5.41) is 15.2. The van der Waals surface area contributed by atoms with Crippen LogP contribution >= 0.6 is 0 Å². The molecule has 0 saturated carbocycles. The van der Waals surface area contributed by atoms with Gasteiger partial charge in [-0.05, 0) is 13.0 Å².